The third-order valence-corrected chi connectivity index (χ3v) is 6.75. The first-order valence-corrected chi connectivity index (χ1v) is 12.0. The van der Waals surface area contributed by atoms with Gasteiger partial charge in [0.1, 0.15) is 11.6 Å². The molecule has 3 aliphatic rings. The number of rotatable bonds is 6. The summed E-state index contributed by atoms with van der Waals surface area (Å²) in [6.45, 7) is 3.38. The van der Waals surface area contributed by atoms with E-state index in [1.807, 2.05) is 35.2 Å². The molecule has 9 nitrogen and oxygen atoms in total. The fourth-order valence-electron chi connectivity index (χ4n) is 4.31. The highest BCUT2D eigenvalue weighted by Gasteiger charge is 2.38. The quantitative estimate of drug-likeness (QED) is 0.561. The number of amides is 1. The van der Waals surface area contributed by atoms with Gasteiger partial charge in [-0.15, -0.1) is 0 Å². The molecular formula is C24H25ClN6O3. The molecule has 1 saturated carbocycles. The number of nitrogens with zero attached hydrogens (tertiary/aromatic N) is 5. The van der Waals surface area contributed by atoms with Crippen LogP contribution in [0.1, 0.15) is 53.2 Å². The highest BCUT2D eigenvalue weighted by atomic mass is 35.5. The second kappa shape index (κ2) is 8.88. The monoisotopic (exact) mass is 480 g/mol. The van der Waals surface area contributed by atoms with Gasteiger partial charge >= 0.3 is 0 Å². The van der Waals surface area contributed by atoms with E-state index in [0.29, 0.717) is 48.2 Å². The molecule has 1 atom stereocenters. The zero-order valence-electron chi connectivity index (χ0n) is 18.6. The van der Waals surface area contributed by atoms with Crippen molar-refractivity contribution >= 4 is 35.0 Å². The summed E-state index contributed by atoms with van der Waals surface area (Å²) in [6, 6.07) is 11.0. The normalized spacial score (nSPS) is 20.2. The number of carbonyl (C=O) groups excluding carboxylic acids is 1. The number of likely N-dealkylation sites (tertiary alicyclic amines) is 1. The molecule has 0 bridgehead atoms. The summed E-state index contributed by atoms with van der Waals surface area (Å²) < 4.78 is 10.9. The van der Waals surface area contributed by atoms with Crippen molar-refractivity contribution in [1.29, 1.82) is 0 Å². The maximum absolute atomic E-state index is 13.2. The van der Waals surface area contributed by atoms with E-state index in [9.17, 15) is 4.79 Å². The van der Waals surface area contributed by atoms with Crippen LogP contribution in [0, 0.1) is 0 Å². The van der Waals surface area contributed by atoms with E-state index in [1.165, 1.54) is 0 Å². The van der Waals surface area contributed by atoms with Crippen LogP contribution < -0.4 is 10.2 Å². The SMILES string of the molecule is O=C(c1cc(C2CC2)on1)N1CCC1c1cc(Nc2ccc(Cl)cc2)nc(N2CCOCC2)n1. The van der Waals surface area contributed by atoms with E-state index < -0.39 is 0 Å². The van der Waals surface area contributed by atoms with Gasteiger partial charge in [0.05, 0.1) is 24.9 Å². The molecule has 2 aromatic heterocycles. The summed E-state index contributed by atoms with van der Waals surface area (Å²) in [5.41, 5.74) is 2.05. The number of aromatic nitrogens is 3. The van der Waals surface area contributed by atoms with Gasteiger partial charge in [0.2, 0.25) is 5.95 Å². The van der Waals surface area contributed by atoms with E-state index in [-0.39, 0.29) is 11.9 Å². The summed E-state index contributed by atoms with van der Waals surface area (Å²) in [6.07, 6.45) is 3.03. The van der Waals surface area contributed by atoms with Crippen molar-refractivity contribution in [2.45, 2.75) is 31.2 Å². The van der Waals surface area contributed by atoms with Crippen molar-refractivity contribution in [1.82, 2.24) is 20.0 Å². The molecule has 2 saturated heterocycles. The Balaban J connectivity index is 1.28. The van der Waals surface area contributed by atoms with E-state index in [4.69, 9.17) is 30.8 Å². The molecule has 1 N–H and O–H groups in total. The molecule has 1 aliphatic carbocycles. The Morgan fingerprint density at radius 3 is 2.53 bits per heavy atom. The van der Waals surface area contributed by atoms with Gasteiger partial charge in [-0.25, -0.2) is 4.98 Å². The number of carbonyl (C=O) groups is 1. The number of halogens is 1. The Morgan fingerprint density at radius 1 is 1.03 bits per heavy atom. The first-order chi connectivity index (χ1) is 16.6. The fourth-order valence-corrected chi connectivity index (χ4v) is 4.43. The summed E-state index contributed by atoms with van der Waals surface area (Å²) in [4.78, 5) is 26.7. The third kappa shape index (κ3) is 4.33. The molecule has 0 radical (unpaired) electrons. The molecule has 34 heavy (non-hydrogen) atoms. The van der Waals surface area contributed by atoms with Crippen LogP contribution in [-0.4, -0.2) is 58.8 Å². The number of hydrogen-bond donors (Lipinski definition) is 1. The van der Waals surface area contributed by atoms with Crippen molar-refractivity contribution in [2.75, 3.05) is 43.1 Å². The van der Waals surface area contributed by atoms with Gasteiger partial charge in [-0.1, -0.05) is 16.8 Å². The Hall–Kier alpha value is -3.17. The Bertz CT molecular complexity index is 1190. The number of nitrogens with one attached hydrogen (secondary N) is 1. The zero-order chi connectivity index (χ0) is 23.1. The molecule has 10 heteroatoms. The largest absolute Gasteiger partial charge is 0.378 e. The first-order valence-electron chi connectivity index (χ1n) is 11.7. The number of ether oxygens (including phenoxy) is 1. The van der Waals surface area contributed by atoms with Crippen LogP contribution in [0.5, 0.6) is 0 Å². The molecule has 3 fully saturated rings. The van der Waals surface area contributed by atoms with Crippen molar-refractivity contribution in [3.63, 3.8) is 0 Å². The van der Waals surface area contributed by atoms with Crippen LogP contribution in [-0.2, 0) is 4.74 Å². The molecule has 4 heterocycles. The van der Waals surface area contributed by atoms with Gasteiger partial charge in [0.25, 0.3) is 5.91 Å². The minimum Gasteiger partial charge on any atom is -0.378 e. The van der Waals surface area contributed by atoms with E-state index in [0.717, 1.165) is 49.5 Å². The van der Waals surface area contributed by atoms with Gasteiger partial charge < -0.3 is 24.4 Å². The van der Waals surface area contributed by atoms with Crippen LogP contribution >= 0.6 is 11.6 Å². The topological polar surface area (TPSA) is 96.6 Å². The Labute approximate surface area is 202 Å². The lowest BCUT2D eigenvalue weighted by Gasteiger charge is -2.40. The maximum Gasteiger partial charge on any atom is 0.276 e. The lowest BCUT2D eigenvalue weighted by Crippen LogP contribution is -2.46. The van der Waals surface area contributed by atoms with Gasteiger partial charge in [0.15, 0.2) is 5.69 Å². The van der Waals surface area contributed by atoms with Crippen molar-refractivity contribution in [3.05, 3.63) is 58.6 Å². The minimum atomic E-state index is -0.137. The van der Waals surface area contributed by atoms with Crippen LogP contribution in [0.25, 0.3) is 0 Å². The average Bonchev–Trinajstić information content (AvgIpc) is 3.56. The Morgan fingerprint density at radius 2 is 1.82 bits per heavy atom. The second-order valence-electron chi connectivity index (χ2n) is 8.90. The van der Waals surface area contributed by atoms with E-state index in [2.05, 4.69) is 15.4 Å². The molecule has 3 aromatic rings. The fraction of sp³-hybridized carbons (Fsp3) is 0.417. The predicted molar refractivity (Wildman–Crippen MR) is 127 cm³/mol. The zero-order valence-corrected chi connectivity index (χ0v) is 19.4. The lowest BCUT2D eigenvalue weighted by molar-refractivity contribution is 0.0440. The molecular weight excluding hydrogens is 456 g/mol. The molecule has 2 aliphatic heterocycles. The number of benzene rings is 1. The molecule has 0 spiro atoms. The van der Waals surface area contributed by atoms with Gasteiger partial charge in [-0.3, -0.25) is 4.79 Å². The average molecular weight is 481 g/mol. The van der Waals surface area contributed by atoms with Gasteiger partial charge in [-0.05, 0) is 43.5 Å². The summed E-state index contributed by atoms with van der Waals surface area (Å²) in [5, 5.41) is 8.06. The summed E-state index contributed by atoms with van der Waals surface area (Å²) in [7, 11) is 0. The smallest absolute Gasteiger partial charge is 0.276 e. The molecule has 1 unspecified atom stereocenters. The highest BCUT2D eigenvalue weighted by Crippen LogP contribution is 2.41. The summed E-state index contributed by atoms with van der Waals surface area (Å²) in [5.74, 6) is 2.41. The number of morpholine rings is 1. The maximum atomic E-state index is 13.2. The van der Waals surface area contributed by atoms with E-state index >= 15 is 0 Å². The summed E-state index contributed by atoms with van der Waals surface area (Å²) >= 11 is 6.03. The number of hydrogen-bond acceptors (Lipinski definition) is 8. The van der Waals surface area contributed by atoms with Gasteiger partial charge in [0, 0.05) is 48.4 Å². The van der Waals surface area contributed by atoms with Crippen LogP contribution in [0.3, 0.4) is 0 Å². The first kappa shape index (κ1) is 21.4. The third-order valence-electron chi connectivity index (χ3n) is 6.49. The van der Waals surface area contributed by atoms with Crippen LogP contribution in [0.15, 0.2) is 40.9 Å². The molecule has 176 valence electrons. The van der Waals surface area contributed by atoms with Crippen molar-refractivity contribution < 1.29 is 14.1 Å². The van der Waals surface area contributed by atoms with Gasteiger partial charge in [-0.2, -0.15) is 4.98 Å². The van der Waals surface area contributed by atoms with Crippen molar-refractivity contribution in [3.8, 4) is 0 Å². The Kier molecular flexibility index (Phi) is 5.58. The molecule has 6 rings (SSSR count). The predicted octanol–water partition coefficient (Wildman–Crippen LogP) is 4.16. The highest BCUT2D eigenvalue weighted by molar-refractivity contribution is 6.30. The minimum absolute atomic E-state index is 0.120. The molecule has 1 amide bonds. The second-order valence-corrected chi connectivity index (χ2v) is 9.34. The number of anilines is 3. The van der Waals surface area contributed by atoms with Crippen LogP contribution in [0.4, 0.5) is 17.5 Å². The van der Waals surface area contributed by atoms with Crippen molar-refractivity contribution in [2.24, 2.45) is 0 Å². The molecule has 1 aromatic carbocycles. The lowest BCUT2D eigenvalue weighted by atomic mass is 9.98. The van der Waals surface area contributed by atoms with Crippen LogP contribution in [0.2, 0.25) is 5.02 Å². The standard InChI is InChI=1S/C24H25ClN6O3/c25-16-3-5-17(6-4-16)26-22-14-18(27-24(28-22)30-9-11-33-12-10-30)20-7-8-31(20)23(32)19-13-21(34-29-19)15-1-2-15/h3-6,13-15,20H,1-2,7-12H2,(H,26,27,28). The van der Waals surface area contributed by atoms with E-state index in [1.54, 1.807) is 6.07 Å².